The van der Waals surface area contributed by atoms with E-state index in [4.69, 9.17) is 36.5 Å². The first-order chi connectivity index (χ1) is 14.3. The third-order valence-corrected chi connectivity index (χ3v) is 6.83. The van der Waals surface area contributed by atoms with Gasteiger partial charge in [0, 0.05) is 18.2 Å². The van der Waals surface area contributed by atoms with Gasteiger partial charge in [-0.1, -0.05) is 17.7 Å². The summed E-state index contributed by atoms with van der Waals surface area (Å²) in [6.07, 6.45) is 1.67. The first-order valence-electron chi connectivity index (χ1n) is 9.79. The Morgan fingerprint density at radius 2 is 2.00 bits per heavy atom. The maximum absolute atomic E-state index is 12.7. The van der Waals surface area contributed by atoms with Crippen LogP contribution in [0.4, 0.5) is 0 Å². The Morgan fingerprint density at radius 3 is 2.60 bits per heavy atom. The second kappa shape index (κ2) is 6.43. The van der Waals surface area contributed by atoms with Crippen molar-refractivity contribution >= 4 is 23.4 Å². The zero-order valence-corrected chi connectivity index (χ0v) is 17.5. The molecule has 1 aromatic carbocycles. The molecular formula is C22H22ClN3O4. The second-order valence-electron chi connectivity index (χ2n) is 8.58. The van der Waals surface area contributed by atoms with Crippen molar-refractivity contribution < 1.29 is 19.0 Å². The molecule has 2 spiro atoms. The van der Waals surface area contributed by atoms with Gasteiger partial charge in [0.15, 0.2) is 5.78 Å². The molecule has 2 N–H and O–H groups in total. The number of hydrogen-bond donors (Lipinski definition) is 1. The van der Waals surface area contributed by atoms with Crippen LogP contribution in [0.5, 0.6) is 5.75 Å². The van der Waals surface area contributed by atoms with Gasteiger partial charge in [-0.25, -0.2) is 4.99 Å². The third kappa shape index (κ3) is 2.58. The largest absolute Gasteiger partial charge is 0.487 e. The van der Waals surface area contributed by atoms with Gasteiger partial charge in [0.05, 0.1) is 23.7 Å². The van der Waals surface area contributed by atoms with Gasteiger partial charge >= 0.3 is 0 Å². The van der Waals surface area contributed by atoms with Crippen molar-refractivity contribution in [2.45, 2.75) is 31.4 Å². The van der Waals surface area contributed by atoms with E-state index in [1.54, 1.807) is 12.1 Å². The minimum absolute atomic E-state index is 0.0925. The van der Waals surface area contributed by atoms with Crippen molar-refractivity contribution in [1.29, 1.82) is 0 Å². The number of nitrogens with zero attached hydrogens (tertiary/aromatic N) is 2. The van der Waals surface area contributed by atoms with E-state index in [0.29, 0.717) is 30.5 Å². The van der Waals surface area contributed by atoms with Crippen molar-refractivity contribution in [3.05, 3.63) is 58.4 Å². The Hall–Kier alpha value is -2.64. The first-order valence-corrected chi connectivity index (χ1v) is 10.2. The van der Waals surface area contributed by atoms with E-state index in [9.17, 15) is 4.79 Å². The van der Waals surface area contributed by atoms with Crippen LogP contribution in [0, 0.1) is 5.41 Å². The molecule has 8 heteroatoms. The normalized spacial score (nSPS) is 25.1. The second-order valence-corrected chi connectivity index (χ2v) is 9.01. The fraction of sp³-hybridized carbons (Fsp3) is 0.409. The summed E-state index contributed by atoms with van der Waals surface area (Å²) in [6, 6.07) is 9.22. The van der Waals surface area contributed by atoms with Gasteiger partial charge in [0.2, 0.25) is 0 Å². The SMILES string of the molecule is CC1(C)Oc2ccc(CC(=O)c3ccc(Cl)cn3)cc2[C@@]2(COC(N)=N2)C12COC2. The van der Waals surface area contributed by atoms with Gasteiger partial charge in [0.25, 0.3) is 6.02 Å². The Balaban J connectivity index is 1.56. The number of ether oxygens (including phenoxy) is 3. The molecule has 1 fully saturated rings. The molecule has 2 aromatic rings. The summed E-state index contributed by atoms with van der Waals surface area (Å²) < 4.78 is 17.7. The lowest BCUT2D eigenvalue weighted by Crippen LogP contribution is -2.71. The Morgan fingerprint density at radius 1 is 1.20 bits per heavy atom. The number of ketones is 1. The Labute approximate surface area is 179 Å². The molecule has 0 saturated carbocycles. The number of amidine groups is 1. The lowest BCUT2D eigenvalue weighted by atomic mass is 9.55. The summed E-state index contributed by atoms with van der Waals surface area (Å²) in [5, 5.41) is 0.492. The molecule has 30 heavy (non-hydrogen) atoms. The van der Waals surface area contributed by atoms with Crippen molar-refractivity contribution in [2.24, 2.45) is 16.1 Å². The van der Waals surface area contributed by atoms with E-state index in [-0.39, 0.29) is 18.2 Å². The van der Waals surface area contributed by atoms with Crippen LogP contribution in [0.1, 0.15) is 35.5 Å². The summed E-state index contributed by atoms with van der Waals surface area (Å²) in [5.41, 5.74) is 6.40. The van der Waals surface area contributed by atoms with E-state index in [1.165, 1.54) is 6.20 Å². The monoisotopic (exact) mass is 427 g/mol. The number of fused-ring (bicyclic) bond motifs is 3. The van der Waals surface area contributed by atoms with Crippen LogP contribution in [-0.2, 0) is 21.4 Å². The Bertz CT molecular complexity index is 1060. The van der Waals surface area contributed by atoms with E-state index >= 15 is 0 Å². The number of aliphatic imine (C=N–C) groups is 1. The van der Waals surface area contributed by atoms with Gasteiger partial charge in [-0.2, -0.15) is 0 Å². The molecule has 0 unspecified atom stereocenters. The molecule has 5 rings (SSSR count). The molecular weight excluding hydrogens is 406 g/mol. The highest BCUT2D eigenvalue weighted by Gasteiger charge is 2.71. The minimum atomic E-state index is -0.718. The van der Waals surface area contributed by atoms with E-state index in [2.05, 4.69) is 4.98 Å². The average Bonchev–Trinajstić information content (AvgIpc) is 3.03. The lowest BCUT2D eigenvalue weighted by Gasteiger charge is -2.61. The lowest BCUT2D eigenvalue weighted by molar-refractivity contribution is -0.247. The van der Waals surface area contributed by atoms with Crippen LogP contribution in [0.25, 0.3) is 0 Å². The molecule has 0 bridgehead atoms. The molecule has 3 aliphatic rings. The molecule has 0 radical (unpaired) electrons. The van der Waals surface area contributed by atoms with Crippen molar-refractivity contribution in [3.63, 3.8) is 0 Å². The molecule has 0 amide bonds. The van der Waals surface area contributed by atoms with Gasteiger partial charge < -0.3 is 19.9 Å². The highest BCUT2D eigenvalue weighted by molar-refractivity contribution is 6.30. The number of Topliss-reactive ketones (excluding diaryl/α,β-unsaturated/α-hetero) is 1. The van der Waals surface area contributed by atoms with Crippen LogP contribution in [0.3, 0.4) is 0 Å². The molecule has 1 saturated heterocycles. The zero-order chi connectivity index (χ0) is 21.1. The zero-order valence-electron chi connectivity index (χ0n) is 16.8. The topological polar surface area (TPSA) is 96.0 Å². The number of carbonyl (C=O) groups is 1. The molecule has 0 aliphatic carbocycles. The quantitative estimate of drug-likeness (QED) is 0.756. The van der Waals surface area contributed by atoms with Crippen LogP contribution in [0.2, 0.25) is 5.02 Å². The first kappa shape index (κ1) is 19.3. The van der Waals surface area contributed by atoms with E-state index in [1.807, 2.05) is 32.0 Å². The fourth-order valence-corrected chi connectivity index (χ4v) is 4.86. The van der Waals surface area contributed by atoms with Gasteiger partial charge in [-0.3, -0.25) is 9.78 Å². The summed E-state index contributed by atoms with van der Waals surface area (Å²) in [4.78, 5) is 21.6. The highest BCUT2D eigenvalue weighted by Crippen LogP contribution is 2.62. The number of rotatable bonds is 3. The van der Waals surface area contributed by atoms with E-state index in [0.717, 1.165) is 16.9 Å². The standard InChI is InChI=1S/C22H22ClN3O4/c1-20(2)21(10-28-11-21)22(12-29-19(24)26-22)15-7-13(3-6-18(15)30-20)8-17(27)16-5-4-14(23)9-25-16/h3-7,9H,8,10-12H2,1-2H3,(H2,24,26)/t22-/m0/s1. The van der Waals surface area contributed by atoms with Gasteiger partial charge in [-0.05, 0) is 43.7 Å². The third-order valence-electron chi connectivity index (χ3n) is 6.60. The van der Waals surface area contributed by atoms with Gasteiger partial charge in [0.1, 0.15) is 29.2 Å². The van der Waals surface area contributed by atoms with Crippen molar-refractivity contribution in [3.8, 4) is 5.75 Å². The number of benzene rings is 1. The Kier molecular flexibility index (Phi) is 4.14. The smallest absolute Gasteiger partial charge is 0.283 e. The average molecular weight is 428 g/mol. The number of carbonyl (C=O) groups excluding carboxylic acids is 1. The predicted octanol–water partition coefficient (Wildman–Crippen LogP) is 2.89. The number of halogens is 1. The van der Waals surface area contributed by atoms with Crippen LogP contribution in [-0.4, -0.2) is 42.2 Å². The number of aromatic nitrogens is 1. The number of nitrogens with two attached hydrogens (primary N) is 1. The predicted molar refractivity (Wildman–Crippen MR) is 111 cm³/mol. The summed E-state index contributed by atoms with van der Waals surface area (Å²) in [7, 11) is 0. The van der Waals surface area contributed by atoms with Crippen molar-refractivity contribution in [2.75, 3.05) is 19.8 Å². The summed E-state index contributed by atoms with van der Waals surface area (Å²) in [6.45, 7) is 5.41. The van der Waals surface area contributed by atoms with E-state index < -0.39 is 16.6 Å². The maximum atomic E-state index is 12.7. The summed E-state index contributed by atoms with van der Waals surface area (Å²) >= 11 is 5.87. The van der Waals surface area contributed by atoms with Crippen LogP contribution < -0.4 is 10.5 Å². The van der Waals surface area contributed by atoms with Crippen LogP contribution >= 0.6 is 11.6 Å². The molecule has 1 aromatic heterocycles. The fourth-order valence-electron chi connectivity index (χ4n) is 4.75. The molecule has 156 valence electrons. The molecule has 7 nitrogen and oxygen atoms in total. The highest BCUT2D eigenvalue weighted by atomic mass is 35.5. The minimum Gasteiger partial charge on any atom is -0.487 e. The number of hydrogen-bond acceptors (Lipinski definition) is 7. The molecule has 1 atom stereocenters. The van der Waals surface area contributed by atoms with Crippen molar-refractivity contribution in [1.82, 2.24) is 4.98 Å². The van der Waals surface area contributed by atoms with Gasteiger partial charge in [-0.15, -0.1) is 0 Å². The summed E-state index contributed by atoms with van der Waals surface area (Å²) in [5.74, 6) is 0.630. The number of pyridine rings is 1. The molecule has 4 heterocycles. The maximum Gasteiger partial charge on any atom is 0.283 e. The van der Waals surface area contributed by atoms with Crippen LogP contribution in [0.15, 0.2) is 41.5 Å². The molecule has 3 aliphatic heterocycles.